The summed E-state index contributed by atoms with van der Waals surface area (Å²) in [5, 5.41) is 32.3. The summed E-state index contributed by atoms with van der Waals surface area (Å²) in [4.78, 5) is 13.8. The second-order valence-electron chi connectivity index (χ2n) is 8.44. The number of benzene rings is 4. The molecule has 5 heteroatoms. The Morgan fingerprint density at radius 3 is 1.71 bits per heavy atom. The predicted molar refractivity (Wildman–Crippen MR) is 129 cm³/mol. The highest BCUT2D eigenvalue weighted by atomic mass is 16.1. The number of ketones is 1. The van der Waals surface area contributed by atoms with E-state index >= 15 is 0 Å². The minimum Gasteiger partial charge on any atom is -0.288 e. The van der Waals surface area contributed by atoms with Gasteiger partial charge in [0.15, 0.2) is 5.78 Å². The van der Waals surface area contributed by atoms with E-state index in [-0.39, 0.29) is 11.4 Å². The van der Waals surface area contributed by atoms with E-state index in [2.05, 4.69) is 10.2 Å². The first-order valence-electron chi connectivity index (χ1n) is 10.8. The molecule has 0 amide bonds. The van der Waals surface area contributed by atoms with Crippen molar-refractivity contribution in [2.45, 2.75) is 0 Å². The maximum Gasteiger partial charge on any atom is 0.196 e. The van der Waals surface area contributed by atoms with Crippen LogP contribution in [-0.2, 0) is 0 Å². The summed E-state index contributed by atoms with van der Waals surface area (Å²) >= 11 is 0. The predicted octanol–water partition coefficient (Wildman–Crippen LogP) is 5.82. The van der Waals surface area contributed by atoms with Gasteiger partial charge in [0.2, 0.25) is 0 Å². The lowest BCUT2D eigenvalue weighted by Crippen LogP contribution is -2.02. The third kappa shape index (κ3) is 2.23. The Bertz CT molecular complexity index is 1880. The Labute approximate surface area is 193 Å². The Balaban J connectivity index is 1.62. The van der Waals surface area contributed by atoms with Crippen molar-refractivity contribution in [1.29, 1.82) is 10.5 Å². The van der Waals surface area contributed by atoms with Gasteiger partial charge in [-0.1, -0.05) is 48.5 Å². The number of hydrogen-bond acceptors (Lipinski definition) is 5. The molecule has 0 atom stereocenters. The molecule has 5 nitrogen and oxygen atoms in total. The SMILES string of the molecule is N#CC(C#N)=C1c2cc3ccccc3cc2-c2c1nnc1c2C(=O)c2cc3ccccc3cc2-1. The molecule has 1 aromatic heterocycles. The zero-order valence-electron chi connectivity index (χ0n) is 17.6. The van der Waals surface area contributed by atoms with Gasteiger partial charge in [-0.3, -0.25) is 4.79 Å². The molecular weight excluding hydrogens is 420 g/mol. The number of nitriles is 2. The van der Waals surface area contributed by atoms with Crippen LogP contribution in [0, 0.1) is 22.7 Å². The molecule has 0 spiro atoms. The maximum atomic E-state index is 13.8. The van der Waals surface area contributed by atoms with E-state index in [1.165, 1.54) is 0 Å². The van der Waals surface area contributed by atoms with E-state index < -0.39 is 0 Å². The Hall–Kier alpha value is -5.13. The van der Waals surface area contributed by atoms with Gasteiger partial charge in [-0.15, -0.1) is 10.2 Å². The molecule has 0 unspecified atom stereocenters. The fourth-order valence-electron chi connectivity index (χ4n) is 5.21. The van der Waals surface area contributed by atoms with E-state index in [1.807, 2.05) is 84.9 Å². The molecule has 5 aromatic rings. The average Bonchev–Trinajstić information content (AvgIpc) is 3.34. The van der Waals surface area contributed by atoms with E-state index in [4.69, 9.17) is 0 Å². The van der Waals surface area contributed by atoms with Gasteiger partial charge < -0.3 is 0 Å². The Morgan fingerprint density at radius 2 is 1.12 bits per heavy atom. The van der Waals surface area contributed by atoms with Gasteiger partial charge in [0.1, 0.15) is 29.1 Å². The molecule has 0 saturated carbocycles. The summed E-state index contributed by atoms with van der Waals surface area (Å²) < 4.78 is 0. The number of aromatic nitrogens is 2. The van der Waals surface area contributed by atoms with Crippen molar-refractivity contribution >= 4 is 32.9 Å². The van der Waals surface area contributed by atoms with Crippen molar-refractivity contribution in [2.75, 3.05) is 0 Å². The number of rotatable bonds is 0. The van der Waals surface area contributed by atoms with Crippen LogP contribution in [0.3, 0.4) is 0 Å². The van der Waals surface area contributed by atoms with Crippen LogP contribution in [0.25, 0.3) is 49.5 Å². The standard InChI is InChI=1S/C29H12N4O/c30-13-19(14-31)24-20-9-15-5-1-2-6-16(15)10-21(20)25-26-27(32-33-28(24)25)22-11-17-7-3-4-8-18(17)12-23(22)29(26)34/h1-12H. The lowest BCUT2D eigenvalue weighted by atomic mass is 9.96. The zero-order chi connectivity index (χ0) is 23.0. The molecule has 0 bridgehead atoms. The molecule has 1 heterocycles. The smallest absolute Gasteiger partial charge is 0.196 e. The van der Waals surface area contributed by atoms with E-state index in [9.17, 15) is 15.3 Å². The molecule has 2 aliphatic rings. The van der Waals surface area contributed by atoms with Crippen LogP contribution < -0.4 is 0 Å². The molecule has 2 aliphatic carbocycles. The van der Waals surface area contributed by atoms with Gasteiger partial charge in [-0.25, -0.2) is 0 Å². The maximum absolute atomic E-state index is 13.8. The van der Waals surface area contributed by atoms with Crippen molar-refractivity contribution in [1.82, 2.24) is 10.2 Å². The summed E-state index contributed by atoms with van der Waals surface area (Å²) in [6, 6.07) is 27.7. The van der Waals surface area contributed by atoms with Gasteiger partial charge in [-0.2, -0.15) is 10.5 Å². The van der Waals surface area contributed by atoms with Crippen molar-refractivity contribution in [2.24, 2.45) is 0 Å². The van der Waals surface area contributed by atoms with Crippen LogP contribution in [0.1, 0.15) is 27.2 Å². The first kappa shape index (κ1) is 18.4. The van der Waals surface area contributed by atoms with Crippen LogP contribution in [-0.4, -0.2) is 16.0 Å². The largest absolute Gasteiger partial charge is 0.288 e. The van der Waals surface area contributed by atoms with Crippen LogP contribution in [0.5, 0.6) is 0 Å². The quantitative estimate of drug-likeness (QED) is 0.282. The summed E-state index contributed by atoms with van der Waals surface area (Å²) in [7, 11) is 0. The molecule has 4 aromatic carbocycles. The molecule has 0 saturated heterocycles. The lowest BCUT2D eigenvalue weighted by Gasteiger charge is -2.07. The number of hydrogen-bond donors (Lipinski definition) is 0. The van der Waals surface area contributed by atoms with Crippen LogP contribution in [0.4, 0.5) is 0 Å². The van der Waals surface area contributed by atoms with E-state index in [1.54, 1.807) is 0 Å². The zero-order valence-corrected chi connectivity index (χ0v) is 17.6. The number of carbonyl (C=O) groups is 1. The second kappa shape index (κ2) is 6.45. The summed E-state index contributed by atoms with van der Waals surface area (Å²) in [5.74, 6) is -0.113. The third-order valence-corrected chi connectivity index (χ3v) is 6.72. The van der Waals surface area contributed by atoms with Crippen molar-refractivity contribution < 1.29 is 4.79 Å². The Morgan fingerprint density at radius 1 is 0.618 bits per heavy atom. The number of nitrogens with zero attached hydrogens (tertiary/aromatic N) is 4. The molecule has 0 radical (unpaired) electrons. The first-order chi connectivity index (χ1) is 16.7. The molecule has 0 fully saturated rings. The monoisotopic (exact) mass is 432 g/mol. The minimum absolute atomic E-state index is 0.0433. The number of fused-ring (bicyclic) bond motifs is 9. The molecular formula is C29H12N4O. The van der Waals surface area contributed by atoms with E-state index in [0.717, 1.165) is 38.2 Å². The van der Waals surface area contributed by atoms with Gasteiger partial charge in [0.25, 0.3) is 0 Å². The van der Waals surface area contributed by atoms with Crippen LogP contribution in [0.15, 0.2) is 78.4 Å². The fraction of sp³-hybridized carbons (Fsp3) is 0. The van der Waals surface area contributed by atoms with Gasteiger partial charge in [0, 0.05) is 22.3 Å². The van der Waals surface area contributed by atoms with E-state index in [0.29, 0.717) is 33.7 Å². The normalized spacial score (nSPS) is 12.6. The molecule has 34 heavy (non-hydrogen) atoms. The highest BCUT2D eigenvalue weighted by Gasteiger charge is 2.39. The van der Waals surface area contributed by atoms with Crippen molar-refractivity contribution in [3.05, 3.63) is 101 Å². The topological polar surface area (TPSA) is 90.4 Å². The Kier molecular flexibility index (Phi) is 3.50. The molecule has 154 valence electrons. The molecule has 0 N–H and O–H groups in total. The van der Waals surface area contributed by atoms with Gasteiger partial charge >= 0.3 is 0 Å². The highest BCUT2D eigenvalue weighted by molar-refractivity contribution is 6.27. The summed E-state index contributed by atoms with van der Waals surface area (Å²) in [6.07, 6.45) is 0. The minimum atomic E-state index is -0.113. The number of carbonyl (C=O) groups excluding carboxylic acids is 1. The number of allylic oxidation sites excluding steroid dienone is 1. The molecule has 0 aliphatic heterocycles. The second-order valence-corrected chi connectivity index (χ2v) is 8.44. The lowest BCUT2D eigenvalue weighted by molar-refractivity contribution is 0.104. The van der Waals surface area contributed by atoms with Crippen molar-refractivity contribution in [3.63, 3.8) is 0 Å². The van der Waals surface area contributed by atoms with Crippen molar-refractivity contribution in [3.8, 4) is 34.5 Å². The first-order valence-corrected chi connectivity index (χ1v) is 10.8. The molecule has 7 rings (SSSR count). The van der Waals surface area contributed by atoms with Gasteiger partial charge in [0.05, 0.1) is 5.56 Å². The highest BCUT2D eigenvalue weighted by Crippen LogP contribution is 2.51. The summed E-state index contributed by atoms with van der Waals surface area (Å²) in [5.41, 5.74) is 5.35. The average molecular weight is 432 g/mol. The van der Waals surface area contributed by atoms with Crippen LogP contribution >= 0.6 is 0 Å². The third-order valence-electron chi connectivity index (χ3n) is 6.72. The van der Waals surface area contributed by atoms with Crippen LogP contribution in [0.2, 0.25) is 0 Å². The van der Waals surface area contributed by atoms with Gasteiger partial charge in [-0.05, 0) is 56.9 Å². The fourth-order valence-corrected chi connectivity index (χ4v) is 5.21. The summed E-state index contributed by atoms with van der Waals surface area (Å²) in [6.45, 7) is 0.